The summed E-state index contributed by atoms with van der Waals surface area (Å²) >= 11 is 0. The Kier molecular flexibility index (Phi) is 6.75. The monoisotopic (exact) mass is 443 g/mol. The van der Waals surface area contributed by atoms with Crippen molar-refractivity contribution in [3.63, 3.8) is 0 Å². The van der Waals surface area contributed by atoms with E-state index in [-0.39, 0.29) is 29.6 Å². The van der Waals surface area contributed by atoms with Crippen LogP contribution in [0.1, 0.15) is 12.0 Å². The van der Waals surface area contributed by atoms with Crippen LogP contribution >= 0.6 is 0 Å². The van der Waals surface area contributed by atoms with Crippen LogP contribution in [-0.2, 0) is 29.6 Å². The number of hydrogen-bond donors (Lipinski definition) is 1. The molecular formula is C16H13F3NNaO7S. The Morgan fingerprint density at radius 1 is 1.31 bits per heavy atom. The molecule has 3 rings (SSSR count). The second-order valence-corrected chi connectivity index (χ2v) is 7.89. The zero-order chi connectivity index (χ0) is 20.9. The molecule has 8 nitrogen and oxygen atoms in total. The van der Waals surface area contributed by atoms with E-state index in [2.05, 4.69) is 0 Å². The van der Waals surface area contributed by atoms with Crippen molar-refractivity contribution in [2.45, 2.75) is 30.5 Å². The van der Waals surface area contributed by atoms with Crippen molar-refractivity contribution in [3.8, 4) is 0 Å². The molecule has 0 bridgehead atoms. The van der Waals surface area contributed by atoms with Crippen molar-refractivity contribution in [1.29, 1.82) is 0 Å². The van der Waals surface area contributed by atoms with Gasteiger partial charge in [-0.15, -0.1) is 0 Å². The summed E-state index contributed by atoms with van der Waals surface area (Å²) in [6.07, 6.45) is -8.72. The number of β-lactam (4-membered cyclic amide) rings is 1. The number of amides is 1. The summed E-state index contributed by atoms with van der Waals surface area (Å²) in [5.41, 5.74) is -0.613. The summed E-state index contributed by atoms with van der Waals surface area (Å²) in [5.74, 6) is -6.54. The summed E-state index contributed by atoms with van der Waals surface area (Å²) < 4.78 is 67.4. The van der Waals surface area contributed by atoms with E-state index >= 15 is 0 Å². The topological polar surface area (TPSA) is 124 Å². The van der Waals surface area contributed by atoms with Crippen LogP contribution in [0.5, 0.6) is 0 Å². The van der Waals surface area contributed by atoms with Gasteiger partial charge in [0.1, 0.15) is 17.2 Å². The molecule has 1 aromatic carbocycles. The number of carboxylic acid groups (broad SMARTS) is 1. The van der Waals surface area contributed by atoms with Gasteiger partial charge in [-0.05, 0) is 5.56 Å². The Labute approximate surface area is 185 Å². The van der Waals surface area contributed by atoms with Crippen LogP contribution in [0.4, 0.5) is 13.2 Å². The zero-order valence-corrected chi connectivity index (χ0v) is 17.7. The smallest absolute Gasteiger partial charge is 0.543 e. The Morgan fingerprint density at radius 3 is 2.41 bits per heavy atom. The van der Waals surface area contributed by atoms with Crippen molar-refractivity contribution in [3.05, 3.63) is 47.4 Å². The Hall–Kier alpha value is -1.60. The number of hydrogen-bond acceptors (Lipinski definition) is 7. The van der Waals surface area contributed by atoms with Crippen LogP contribution in [-0.4, -0.2) is 48.6 Å². The molecule has 152 valence electrons. The average Bonchev–Trinajstić information content (AvgIpc) is 2.88. The number of aliphatic hydroxyl groups excluding tert-OH is 1. The van der Waals surface area contributed by atoms with Crippen LogP contribution in [0.25, 0.3) is 0 Å². The molecule has 0 radical (unpaired) electrons. The van der Waals surface area contributed by atoms with Crippen molar-refractivity contribution in [2.24, 2.45) is 5.92 Å². The fourth-order valence-corrected chi connectivity index (χ4v) is 4.39. The van der Waals surface area contributed by atoms with Gasteiger partial charge in [0.2, 0.25) is 5.91 Å². The van der Waals surface area contributed by atoms with Gasteiger partial charge in [0.25, 0.3) is 0 Å². The molecule has 0 aliphatic carbocycles. The molecule has 2 heterocycles. The predicted molar refractivity (Wildman–Crippen MR) is 83.0 cm³/mol. The number of fused-ring (bicyclic) bond motifs is 1. The molecule has 2 aliphatic heterocycles. The van der Waals surface area contributed by atoms with Crippen LogP contribution < -0.4 is 34.7 Å². The third kappa shape index (κ3) is 4.61. The summed E-state index contributed by atoms with van der Waals surface area (Å²) in [7, 11) is -4.36. The summed E-state index contributed by atoms with van der Waals surface area (Å²) in [6, 6.07) is 6.36. The maximum absolute atomic E-state index is 12.7. The molecule has 1 aromatic rings. The van der Waals surface area contributed by atoms with E-state index < -0.39 is 69.9 Å². The normalized spacial score (nSPS) is 22.5. The minimum Gasteiger partial charge on any atom is -0.543 e. The van der Waals surface area contributed by atoms with E-state index in [9.17, 15) is 41.4 Å². The van der Waals surface area contributed by atoms with Crippen molar-refractivity contribution in [2.75, 3.05) is 0 Å². The van der Waals surface area contributed by atoms with Crippen molar-refractivity contribution in [1.82, 2.24) is 4.90 Å². The zero-order valence-electron chi connectivity index (χ0n) is 14.9. The maximum atomic E-state index is 12.7. The molecule has 3 unspecified atom stereocenters. The number of alkyl halides is 3. The Bertz CT molecular complexity index is 949. The number of rotatable bonds is 6. The number of benzene rings is 1. The third-order valence-electron chi connectivity index (χ3n) is 4.45. The number of carbonyl (C=O) groups excluding carboxylic acids is 2. The molecule has 0 saturated carbocycles. The number of aliphatic carboxylic acids is 1. The van der Waals surface area contributed by atoms with Gasteiger partial charge >= 0.3 is 45.9 Å². The third-order valence-corrected chi connectivity index (χ3v) is 5.59. The summed E-state index contributed by atoms with van der Waals surface area (Å²) in [4.78, 5) is 23.8. The van der Waals surface area contributed by atoms with Crippen LogP contribution in [0.3, 0.4) is 0 Å². The number of carboxylic acids is 1. The first-order valence-electron chi connectivity index (χ1n) is 7.91. The van der Waals surface area contributed by atoms with Crippen LogP contribution in [0.2, 0.25) is 0 Å². The fourth-order valence-electron chi connectivity index (χ4n) is 3.28. The number of nitrogens with zero attached hydrogens (tertiary/aromatic N) is 1. The van der Waals surface area contributed by atoms with E-state index in [0.29, 0.717) is 10.5 Å². The largest absolute Gasteiger partial charge is 1.00 e. The number of carbonyl (C=O) groups is 2. The van der Waals surface area contributed by atoms with Gasteiger partial charge in [-0.2, -0.15) is 21.6 Å². The average molecular weight is 443 g/mol. The minimum absolute atomic E-state index is 0. The Morgan fingerprint density at radius 2 is 1.90 bits per heavy atom. The Balaban J connectivity index is 0.00000300. The van der Waals surface area contributed by atoms with E-state index in [1.54, 1.807) is 18.2 Å². The van der Waals surface area contributed by atoms with Crippen molar-refractivity contribution >= 4 is 22.0 Å². The molecule has 2 aliphatic rings. The molecule has 0 spiro atoms. The van der Waals surface area contributed by atoms with Crippen LogP contribution in [0, 0.1) is 5.92 Å². The molecule has 29 heavy (non-hydrogen) atoms. The first kappa shape index (κ1) is 23.7. The molecule has 13 heteroatoms. The van der Waals surface area contributed by atoms with E-state index in [1.807, 2.05) is 0 Å². The second kappa shape index (κ2) is 8.26. The van der Waals surface area contributed by atoms with Gasteiger partial charge in [-0.1, -0.05) is 30.3 Å². The number of aliphatic hydroxyl groups is 1. The van der Waals surface area contributed by atoms with Gasteiger partial charge in [0.05, 0.1) is 17.9 Å². The van der Waals surface area contributed by atoms with E-state index in [1.165, 1.54) is 12.1 Å². The molecule has 1 N–H and O–H groups in total. The quantitative estimate of drug-likeness (QED) is 0.277. The van der Waals surface area contributed by atoms with Crippen molar-refractivity contribution < 1.29 is 75.1 Å². The van der Waals surface area contributed by atoms with E-state index in [4.69, 9.17) is 4.18 Å². The van der Waals surface area contributed by atoms with Gasteiger partial charge in [0, 0.05) is 6.42 Å². The van der Waals surface area contributed by atoms with Gasteiger partial charge in [-0.25, -0.2) is 0 Å². The molecule has 0 aromatic heterocycles. The van der Waals surface area contributed by atoms with Crippen LogP contribution in [0.15, 0.2) is 41.8 Å². The standard InChI is InChI=1S/C16H14F3NO7S.Na/c17-16(18,19)13(21)11-9-6-10(12(15(23)24)20(9)14(11)22)27-28(25,26)7-8-4-2-1-3-5-8;/h1-5,9,11,13,21H,6-7H2,(H,23,24);/q;+1/p-1. The summed E-state index contributed by atoms with van der Waals surface area (Å²) in [6.45, 7) is 0. The minimum atomic E-state index is -5.10. The van der Waals surface area contributed by atoms with Gasteiger partial charge in [0.15, 0.2) is 6.10 Å². The van der Waals surface area contributed by atoms with E-state index in [0.717, 1.165) is 0 Å². The predicted octanol–water partition coefficient (Wildman–Crippen LogP) is -3.35. The molecule has 1 amide bonds. The SMILES string of the molecule is O=C([O-])C1=C(OS(=O)(=O)Cc2ccccc2)CC2C(C(O)C(F)(F)F)C(=O)N12.[Na+]. The summed E-state index contributed by atoms with van der Waals surface area (Å²) in [5, 5.41) is 20.7. The first-order chi connectivity index (χ1) is 12.9. The first-order valence-corrected chi connectivity index (χ1v) is 9.48. The molecule has 3 atom stereocenters. The molecule has 1 fully saturated rings. The fraction of sp³-hybridized carbons (Fsp3) is 0.375. The molecular weight excluding hydrogens is 430 g/mol. The van der Waals surface area contributed by atoms with Gasteiger partial charge < -0.3 is 24.1 Å². The second-order valence-electron chi connectivity index (χ2n) is 6.32. The number of halogens is 3. The maximum Gasteiger partial charge on any atom is 1.00 e. The van der Waals surface area contributed by atoms with Gasteiger partial charge in [-0.3, -0.25) is 4.79 Å². The molecule has 1 saturated heterocycles.